The Morgan fingerprint density at radius 1 is 1.29 bits per heavy atom. The molecule has 0 bridgehead atoms. The molecule has 6 heteroatoms. The molecule has 21 heavy (non-hydrogen) atoms. The number of primary amides is 1. The second-order valence-corrected chi connectivity index (χ2v) is 5.25. The van der Waals surface area contributed by atoms with Gasteiger partial charge in [-0.1, -0.05) is 32.4 Å². The number of nitrogens with two attached hydrogens (primary N) is 2. The Labute approximate surface area is 124 Å². The third kappa shape index (κ3) is 5.07. The molecule has 2 amide bonds. The van der Waals surface area contributed by atoms with Crippen LogP contribution in [-0.2, 0) is 16.0 Å². The number of rotatable bonds is 7. The van der Waals surface area contributed by atoms with Gasteiger partial charge in [-0.15, -0.1) is 0 Å². The van der Waals surface area contributed by atoms with Crippen molar-refractivity contribution in [3.63, 3.8) is 0 Å². The number of aromatic hydroxyl groups is 1. The lowest BCUT2D eigenvalue weighted by Gasteiger charge is -2.21. The summed E-state index contributed by atoms with van der Waals surface area (Å²) in [5, 5.41) is 11.8. The average Bonchev–Trinajstić information content (AvgIpc) is 2.46. The van der Waals surface area contributed by atoms with Crippen molar-refractivity contribution in [3.8, 4) is 5.75 Å². The lowest BCUT2D eigenvalue weighted by Crippen LogP contribution is -2.53. The maximum Gasteiger partial charge on any atom is 0.240 e. The molecular weight excluding hydrogens is 270 g/mol. The maximum atomic E-state index is 12.0. The Balaban J connectivity index is 2.72. The number of phenols is 1. The number of hydrogen-bond donors (Lipinski definition) is 4. The average molecular weight is 293 g/mol. The van der Waals surface area contributed by atoms with Crippen LogP contribution in [0.5, 0.6) is 5.75 Å². The molecule has 6 N–H and O–H groups in total. The summed E-state index contributed by atoms with van der Waals surface area (Å²) in [6.45, 7) is 3.82. The number of carbonyl (C=O) groups excluding carboxylic acids is 2. The SMILES string of the molecule is CC[C@@H](C)[C@H](N)C(=O)N[C@@H](Cc1ccc(O)cc1)C(N)=O. The minimum Gasteiger partial charge on any atom is -0.508 e. The molecule has 0 saturated heterocycles. The van der Waals surface area contributed by atoms with E-state index in [1.54, 1.807) is 12.1 Å². The maximum absolute atomic E-state index is 12.0. The third-order valence-corrected chi connectivity index (χ3v) is 3.60. The van der Waals surface area contributed by atoms with E-state index in [0.29, 0.717) is 0 Å². The number of benzene rings is 1. The summed E-state index contributed by atoms with van der Waals surface area (Å²) in [5.41, 5.74) is 11.9. The van der Waals surface area contributed by atoms with Crippen molar-refractivity contribution in [3.05, 3.63) is 29.8 Å². The van der Waals surface area contributed by atoms with Gasteiger partial charge in [0.15, 0.2) is 0 Å². The first-order chi connectivity index (χ1) is 9.85. The standard InChI is InChI=1S/C15H23N3O3/c1-3-9(2)13(16)15(21)18-12(14(17)20)8-10-4-6-11(19)7-5-10/h4-7,9,12-13,19H,3,8,16H2,1-2H3,(H2,17,20)(H,18,21)/t9-,12+,13+/m1/s1. The highest BCUT2D eigenvalue weighted by Crippen LogP contribution is 2.12. The Bertz CT molecular complexity index is 487. The van der Waals surface area contributed by atoms with Crippen molar-refractivity contribution in [2.45, 2.75) is 38.8 Å². The van der Waals surface area contributed by atoms with Crippen molar-refractivity contribution in [2.75, 3.05) is 0 Å². The van der Waals surface area contributed by atoms with E-state index in [2.05, 4.69) is 5.32 Å². The molecule has 6 nitrogen and oxygen atoms in total. The number of phenolic OH excluding ortho intramolecular Hbond substituents is 1. The molecule has 0 saturated carbocycles. The van der Waals surface area contributed by atoms with E-state index in [0.717, 1.165) is 12.0 Å². The lowest BCUT2D eigenvalue weighted by molar-refractivity contribution is -0.128. The first-order valence-corrected chi connectivity index (χ1v) is 6.98. The molecule has 0 aliphatic heterocycles. The fourth-order valence-corrected chi connectivity index (χ4v) is 1.87. The van der Waals surface area contributed by atoms with Crippen LogP contribution < -0.4 is 16.8 Å². The zero-order chi connectivity index (χ0) is 16.0. The van der Waals surface area contributed by atoms with Crippen molar-refractivity contribution in [1.29, 1.82) is 0 Å². The van der Waals surface area contributed by atoms with Crippen LogP contribution in [0.3, 0.4) is 0 Å². The molecule has 0 aliphatic carbocycles. The predicted octanol–water partition coefficient (Wildman–Crippen LogP) is 0.278. The van der Waals surface area contributed by atoms with Crippen LogP contribution in [0.25, 0.3) is 0 Å². The van der Waals surface area contributed by atoms with E-state index in [-0.39, 0.29) is 24.0 Å². The molecule has 1 aromatic carbocycles. The monoisotopic (exact) mass is 293 g/mol. The van der Waals surface area contributed by atoms with Crippen LogP contribution in [0.1, 0.15) is 25.8 Å². The topological polar surface area (TPSA) is 118 Å². The van der Waals surface area contributed by atoms with Crippen molar-refractivity contribution in [1.82, 2.24) is 5.32 Å². The van der Waals surface area contributed by atoms with Crippen LogP contribution in [0.15, 0.2) is 24.3 Å². The minimum absolute atomic E-state index is 0.0206. The van der Waals surface area contributed by atoms with Gasteiger partial charge in [-0.3, -0.25) is 9.59 Å². The first-order valence-electron chi connectivity index (χ1n) is 6.98. The first kappa shape index (κ1) is 17.0. The third-order valence-electron chi connectivity index (χ3n) is 3.60. The molecule has 1 aromatic rings. The highest BCUT2D eigenvalue weighted by atomic mass is 16.3. The van der Waals surface area contributed by atoms with Gasteiger partial charge in [0.05, 0.1) is 6.04 Å². The van der Waals surface area contributed by atoms with Crippen molar-refractivity contribution >= 4 is 11.8 Å². The molecule has 0 aliphatic rings. The minimum atomic E-state index is -0.822. The van der Waals surface area contributed by atoms with Crippen LogP contribution >= 0.6 is 0 Å². The van der Waals surface area contributed by atoms with E-state index >= 15 is 0 Å². The molecule has 0 unspecified atom stereocenters. The lowest BCUT2D eigenvalue weighted by atomic mass is 9.98. The summed E-state index contributed by atoms with van der Waals surface area (Å²) in [5.74, 6) is -0.843. The number of carbonyl (C=O) groups is 2. The Morgan fingerprint density at radius 3 is 2.33 bits per heavy atom. The molecule has 0 aromatic heterocycles. The van der Waals surface area contributed by atoms with E-state index in [9.17, 15) is 14.7 Å². The zero-order valence-electron chi connectivity index (χ0n) is 12.4. The van der Waals surface area contributed by atoms with Gasteiger partial charge in [0.1, 0.15) is 11.8 Å². The van der Waals surface area contributed by atoms with Gasteiger partial charge in [0.25, 0.3) is 0 Å². The molecular formula is C15H23N3O3. The van der Waals surface area contributed by atoms with Gasteiger partial charge in [-0.05, 0) is 23.6 Å². The summed E-state index contributed by atoms with van der Waals surface area (Å²) in [4.78, 5) is 23.5. The van der Waals surface area contributed by atoms with E-state index in [1.807, 2.05) is 13.8 Å². The summed E-state index contributed by atoms with van der Waals surface area (Å²) >= 11 is 0. The second-order valence-electron chi connectivity index (χ2n) is 5.25. The van der Waals surface area contributed by atoms with Crippen molar-refractivity contribution < 1.29 is 14.7 Å². The molecule has 0 radical (unpaired) electrons. The Hall–Kier alpha value is -2.08. The van der Waals surface area contributed by atoms with Crippen LogP contribution in [0.2, 0.25) is 0 Å². The highest BCUT2D eigenvalue weighted by molar-refractivity contribution is 5.89. The number of nitrogens with one attached hydrogen (secondary N) is 1. The largest absolute Gasteiger partial charge is 0.508 e. The molecule has 3 atom stereocenters. The normalized spacial score (nSPS) is 15.0. The Morgan fingerprint density at radius 2 is 1.86 bits per heavy atom. The highest BCUT2D eigenvalue weighted by Gasteiger charge is 2.24. The molecule has 1 rings (SSSR count). The zero-order valence-corrected chi connectivity index (χ0v) is 12.4. The van der Waals surface area contributed by atoms with Crippen LogP contribution in [0.4, 0.5) is 0 Å². The predicted molar refractivity (Wildman–Crippen MR) is 80.4 cm³/mol. The quantitative estimate of drug-likeness (QED) is 0.577. The fourth-order valence-electron chi connectivity index (χ4n) is 1.87. The van der Waals surface area contributed by atoms with E-state index in [4.69, 9.17) is 11.5 Å². The fraction of sp³-hybridized carbons (Fsp3) is 0.467. The molecule has 0 heterocycles. The molecule has 116 valence electrons. The van der Waals surface area contributed by atoms with Gasteiger partial charge in [0, 0.05) is 6.42 Å². The van der Waals surface area contributed by atoms with Crippen LogP contribution in [-0.4, -0.2) is 29.0 Å². The summed E-state index contributed by atoms with van der Waals surface area (Å²) in [6, 6.07) is 4.88. The smallest absolute Gasteiger partial charge is 0.240 e. The van der Waals surface area contributed by atoms with E-state index in [1.165, 1.54) is 12.1 Å². The van der Waals surface area contributed by atoms with Gasteiger partial charge < -0.3 is 21.9 Å². The Kier molecular flexibility index (Phi) is 6.17. The molecule has 0 spiro atoms. The second kappa shape index (κ2) is 7.64. The summed E-state index contributed by atoms with van der Waals surface area (Å²) in [6.07, 6.45) is 1.03. The van der Waals surface area contributed by atoms with Gasteiger partial charge in [-0.2, -0.15) is 0 Å². The van der Waals surface area contributed by atoms with Gasteiger partial charge in [0.2, 0.25) is 11.8 Å². The summed E-state index contributed by atoms with van der Waals surface area (Å²) < 4.78 is 0. The van der Waals surface area contributed by atoms with Crippen LogP contribution in [0, 0.1) is 5.92 Å². The van der Waals surface area contributed by atoms with Crippen molar-refractivity contribution in [2.24, 2.45) is 17.4 Å². The van der Waals surface area contributed by atoms with Gasteiger partial charge in [-0.25, -0.2) is 0 Å². The van der Waals surface area contributed by atoms with E-state index < -0.39 is 18.0 Å². The number of amides is 2. The van der Waals surface area contributed by atoms with Gasteiger partial charge >= 0.3 is 0 Å². The summed E-state index contributed by atoms with van der Waals surface area (Å²) in [7, 11) is 0. The molecule has 0 fully saturated rings. The number of hydrogen-bond acceptors (Lipinski definition) is 4.